The van der Waals surface area contributed by atoms with Crippen LogP contribution in [0.25, 0.3) is 0 Å². The lowest BCUT2D eigenvalue weighted by Crippen LogP contribution is -2.65. The van der Waals surface area contributed by atoms with Gasteiger partial charge in [-0.05, 0) is 26.2 Å². The first-order chi connectivity index (χ1) is 12.0. The van der Waals surface area contributed by atoms with Crippen molar-refractivity contribution in [3.05, 3.63) is 18.2 Å². The molecule has 2 N–H and O–H groups in total. The summed E-state index contributed by atoms with van der Waals surface area (Å²) in [5.41, 5.74) is 0.0784. The number of alkyl halides is 2. The molecule has 0 aliphatic heterocycles. The number of guanidine groups is 1. The fourth-order valence-electron chi connectivity index (χ4n) is 3.76. The van der Waals surface area contributed by atoms with Gasteiger partial charge < -0.3 is 15.4 Å². The molecule has 1 saturated carbocycles. The van der Waals surface area contributed by atoms with Crippen molar-refractivity contribution in [3.8, 4) is 0 Å². The minimum absolute atomic E-state index is 0.0784. The fraction of sp³-hybridized carbons (Fsp3) is 0.765. The maximum absolute atomic E-state index is 12.9. The quantitative estimate of drug-likeness (QED) is 0.555. The van der Waals surface area contributed by atoms with Crippen LogP contribution < -0.4 is 10.6 Å². The van der Waals surface area contributed by atoms with Crippen LogP contribution in [0.5, 0.6) is 0 Å². The van der Waals surface area contributed by atoms with Crippen molar-refractivity contribution in [1.29, 1.82) is 0 Å². The number of nitrogens with one attached hydrogen (secondary N) is 2. The summed E-state index contributed by atoms with van der Waals surface area (Å²) in [7, 11) is 1.67. The van der Waals surface area contributed by atoms with E-state index in [1.807, 2.05) is 6.92 Å². The first kappa shape index (κ1) is 19.6. The highest BCUT2D eigenvalue weighted by molar-refractivity contribution is 5.80. The van der Waals surface area contributed by atoms with E-state index in [1.165, 1.54) is 12.4 Å². The van der Waals surface area contributed by atoms with Crippen LogP contribution in [0.1, 0.15) is 52.4 Å². The number of aliphatic imine (C=N–C) groups is 1. The molecule has 6 nitrogen and oxygen atoms in total. The molecule has 2 rings (SSSR count). The van der Waals surface area contributed by atoms with Crippen LogP contribution in [0, 0.1) is 5.41 Å². The lowest BCUT2D eigenvalue weighted by molar-refractivity contribution is -0.133. The maximum Gasteiger partial charge on any atom is 0.319 e. The highest BCUT2D eigenvalue weighted by Gasteiger charge is 2.53. The van der Waals surface area contributed by atoms with E-state index in [2.05, 4.69) is 34.5 Å². The Labute approximate surface area is 148 Å². The van der Waals surface area contributed by atoms with Gasteiger partial charge in [-0.2, -0.15) is 8.78 Å². The lowest BCUT2D eigenvalue weighted by Gasteiger charge is -2.55. The minimum atomic E-state index is -2.60. The number of hydrogen-bond donors (Lipinski definition) is 2. The Hall–Kier alpha value is -1.70. The Morgan fingerprint density at radius 3 is 2.72 bits per heavy atom. The molecular formula is C17H29F2N5O. The van der Waals surface area contributed by atoms with Gasteiger partial charge in [-0.15, -0.1) is 0 Å². The average Bonchev–Trinajstić information content (AvgIpc) is 3.07. The van der Waals surface area contributed by atoms with Crippen molar-refractivity contribution >= 4 is 5.96 Å². The molecule has 1 aromatic heterocycles. The molecule has 1 fully saturated rings. The second-order valence-corrected chi connectivity index (χ2v) is 6.27. The Morgan fingerprint density at radius 2 is 2.16 bits per heavy atom. The number of rotatable bonds is 8. The molecule has 1 aliphatic carbocycles. The molecule has 8 heteroatoms. The third-order valence-electron chi connectivity index (χ3n) is 5.38. The minimum Gasteiger partial charge on any atom is -0.378 e. The normalized spacial score (nSPS) is 22.8. The van der Waals surface area contributed by atoms with Gasteiger partial charge in [0.1, 0.15) is 5.82 Å². The maximum atomic E-state index is 12.9. The molecule has 0 spiro atoms. The summed E-state index contributed by atoms with van der Waals surface area (Å²) in [5.74, 6) is 0.867. The predicted octanol–water partition coefficient (Wildman–Crippen LogP) is 2.93. The van der Waals surface area contributed by atoms with Crippen molar-refractivity contribution in [1.82, 2.24) is 20.2 Å². The molecule has 1 aromatic rings. The number of imidazole rings is 1. The molecule has 2 atom stereocenters. The van der Waals surface area contributed by atoms with Gasteiger partial charge in [0.05, 0.1) is 12.6 Å². The van der Waals surface area contributed by atoms with E-state index in [-0.39, 0.29) is 29.9 Å². The third kappa shape index (κ3) is 3.94. The third-order valence-corrected chi connectivity index (χ3v) is 5.38. The van der Waals surface area contributed by atoms with Crippen molar-refractivity contribution < 1.29 is 13.5 Å². The Balaban J connectivity index is 1.97. The van der Waals surface area contributed by atoms with Crippen LogP contribution in [0.3, 0.4) is 0 Å². The van der Waals surface area contributed by atoms with Gasteiger partial charge in [-0.3, -0.25) is 9.56 Å². The highest BCUT2D eigenvalue weighted by atomic mass is 19.3. The summed E-state index contributed by atoms with van der Waals surface area (Å²) in [6.07, 6.45) is 5.84. The predicted molar refractivity (Wildman–Crippen MR) is 93.6 cm³/mol. The van der Waals surface area contributed by atoms with Crippen LogP contribution >= 0.6 is 0 Å². The lowest BCUT2D eigenvalue weighted by atomic mass is 9.58. The molecule has 0 aromatic carbocycles. The number of hydrogen-bond acceptors (Lipinski definition) is 3. The van der Waals surface area contributed by atoms with Gasteiger partial charge in [0, 0.05) is 37.5 Å². The van der Waals surface area contributed by atoms with Gasteiger partial charge >= 0.3 is 6.55 Å². The summed E-state index contributed by atoms with van der Waals surface area (Å²) < 4.78 is 32.5. The molecule has 2 unspecified atom stereocenters. The summed E-state index contributed by atoms with van der Waals surface area (Å²) in [4.78, 5) is 8.19. The number of aromatic nitrogens is 2. The molecule has 0 amide bonds. The molecule has 142 valence electrons. The Morgan fingerprint density at radius 1 is 1.44 bits per heavy atom. The molecule has 25 heavy (non-hydrogen) atoms. The monoisotopic (exact) mass is 357 g/mol. The van der Waals surface area contributed by atoms with E-state index >= 15 is 0 Å². The SMILES string of the molecule is CCOC1CC(NC(=NC)NCc2nccn2C(F)F)C1(CC)CC. The number of ether oxygens (including phenoxy) is 1. The van der Waals surface area contributed by atoms with E-state index in [1.54, 1.807) is 7.05 Å². The van der Waals surface area contributed by atoms with E-state index < -0.39 is 6.55 Å². The topological polar surface area (TPSA) is 63.5 Å². The van der Waals surface area contributed by atoms with Gasteiger partial charge in [0.25, 0.3) is 0 Å². The van der Waals surface area contributed by atoms with Gasteiger partial charge in [0.15, 0.2) is 5.96 Å². The summed E-state index contributed by atoms with van der Waals surface area (Å²) in [5, 5.41) is 6.51. The average molecular weight is 357 g/mol. The fourth-order valence-corrected chi connectivity index (χ4v) is 3.76. The van der Waals surface area contributed by atoms with Crippen LogP contribution in [0.4, 0.5) is 8.78 Å². The van der Waals surface area contributed by atoms with Gasteiger partial charge in [0.2, 0.25) is 0 Å². The molecule has 1 heterocycles. The smallest absolute Gasteiger partial charge is 0.319 e. The first-order valence-corrected chi connectivity index (χ1v) is 8.90. The van der Waals surface area contributed by atoms with Crippen LogP contribution in [-0.4, -0.2) is 41.3 Å². The van der Waals surface area contributed by atoms with Gasteiger partial charge in [-0.25, -0.2) is 4.98 Å². The standard InChI is InChI=1S/C17H29F2N5O/c1-5-17(6-2)12(10-13(17)25-7-3)23-16(20-4)22-11-14-21-8-9-24(14)15(18)19/h8-9,12-13,15H,5-7,10-11H2,1-4H3,(H2,20,22,23). The molecular weight excluding hydrogens is 328 g/mol. The van der Waals surface area contributed by atoms with E-state index in [0.717, 1.165) is 23.8 Å². The van der Waals surface area contributed by atoms with Crippen molar-refractivity contribution in [2.24, 2.45) is 10.4 Å². The van der Waals surface area contributed by atoms with E-state index in [4.69, 9.17) is 4.74 Å². The molecule has 0 radical (unpaired) electrons. The second kappa shape index (κ2) is 8.60. The second-order valence-electron chi connectivity index (χ2n) is 6.27. The largest absolute Gasteiger partial charge is 0.378 e. The zero-order valence-corrected chi connectivity index (χ0v) is 15.4. The van der Waals surface area contributed by atoms with Crippen molar-refractivity contribution in [2.75, 3.05) is 13.7 Å². The van der Waals surface area contributed by atoms with Crippen LogP contribution in [0.15, 0.2) is 17.4 Å². The Bertz CT molecular complexity index is 571. The van der Waals surface area contributed by atoms with Crippen molar-refractivity contribution in [2.45, 2.75) is 65.3 Å². The molecule has 0 saturated heterocycles. The first-order valence-electron chi connectivity index (χ1n) is 8.90. The summed E-state index contributed by atoms with van der Waals surface area (Å²) in [6, 6.07) is 0.250. The zero-order chi connectivity index (χ0) is 18.4. The highest BCUT2D eigenvalue weighted by Crippen LogP contribution is 2.48. The van der Waals surface area contributed by atoms with Crippen molar-refractivity contribution in [3.63, 3.8) is 0 Å². The molecule has 1 aliphatic rings. The molecule has 0 bridgehead atoms. The zero-order valence-electron chi connectivity index (χ0n) is 15.4. The summed E-state index contributed by atoms with van der Waals surface area (Å²) in [6.45, 7) is 4.67. The van der Waals surface area contributed by atoms with Crippen LogP contribution in [0.2, 0.25) is 0 Å². The van der Waals surface area contributed by atoms with E-state index in [0.29, 0.717) is 12.6 Å². The number of nitrogens with zero attached hydrogens (tertiary/aromatic N) is 3. The number of halogens is 2. The van der Waals surface area contributed by atoms with Gasteiger partial charge in [-0.1, -0.05) is 13.8 Å². The summed E-state index contributed by atoms with van der Waals surface area (Å²) >= 11 is 0. The van der Waals surface area contributed by atoms with E-state index in [9.17, 15) is 8.78 Å². The van der Waals surface area contributed by atoms with Crippen LogP contribution in [-0.2, 0) is 11.3 Å². The Kier molecular flexibility index (Phi) is 6.75.